The predicted molar refractivity (Wildman–Crippen MR) is 100 cm³/mol. The molecule has 5 rings (SSSR count). The molecule has 0 aliphatic heterocycles. The Morgan fingerprint density at radius 1 is 0.800 bits per heavy atom. The number of hydrogen-bond donors (Lipinski definition) is 0. The Kier molecular flexibility index (Phi) is 2.86. The van der Waals surface area contributed by atoms with Crippen molar-refractivity contribution in [2.24, 2.45) is 0 Å². The van der Waals surface area contributed by atoms with Gasteiger partial charge in [-0.1, -0.05) is 60.7 Å². The summed E-state index contributed by atoms with van der Waals surface area (Å²) in [4.78, 5) is 4.98. The van der Waals surface area contributed by atoms with Crippen LogP contribution in [0, 0.1) is 11.3 Å². The van der Waals surface area contributed by atoms with Gasteiger partial charge < -0.3 is 0 Å². The lowest BCUT2D eigenvalue weighted by Crippen LogP contribution is -1.91. The van der Waals surface area contributed by atoms with Crippen LogP contribution >= 0.6 is 0 Å². The molecule has 0 fully saturated rings. The van der Waals surface area contributed by atoms with Gasteiger partial charge in [0.25, 0.3) is 0 Å². The molecule has 0 spiro atoms. The second-order valence-electron chi connectivity index (χ2n) is 6.01. The fraction of sp³-hybridized carbons (Fsp3) is 0. The maximum absolute atomic E-state index is 9.78. The summed E-state index contributed by atoms with van der Waals surface area (Å²) in [7, 11) is 0. The Labute approximate surface area is 144 Å². The lowest BCUT2D eigenvalue weighted by atomic mass is 10.0. The molecule has 0 amide bonds. The van der Waals surface area contributed by atoms with E-state index in [1.54, 1.807) is 0 Å². The van der Waals surface area contributed by atoms with Crippen LogP contribution in [0.4, 0.5) is 0 Å². The average molecular weight is 319 g/mol. The van der Waals surface area contributed by atoms with Gasteiger partial charge in [-0.2, -0.15) is 5.26 Å². The molecule has 0 unspecified atom stereocenters. The van der Waals surface area contributed by atoms with E-state index in [0.717, 1.165) is 38.6 Å². The van der Waals surface area contributed by atoms with Gasteiger partial charge in [-0.15, -0.1) is 0 Å². The first-order valence-electron chi connectivity index (χ1n) is 8.15. The summed E-state index contributed by atoms with van der Waals surface area (Å²) in [6, 6.07) is 26.6. The molecule has 0 radical (unpaired) electrons. The van der Waals surface area contributed by atoms with E-state index < -0.39 is 0 Å². The smallest absolute Gasteiger partial charge is 0.147 e. The average Bonchev–Trinajstić information content (AvgIpc) is 3.02. The lowest BCUT2D eigenvalue weighted by Gasteiger charge is -2.08. The molecule has 0 bridgehead atoms. The number of rotatable bonds is 1. The van der Waals surface area contributed by atoms with Gasteiger partial charge in [-0.05, 0) is 17.5 Å². The van der Waals surface area contributed by atoms with Crippen molar-refractivity contribution in [1.29, 1.82) is 5.26 Å². The van der Waals surface area contributed by atoms with Crippen molar-refractivity contribution in [3.63, 3.8) is 0 Å². The summed E-state index contributed by atoms with van der Waals surface area (Å²) in [5.74, 6) is 0. The molecule has 0 aliphatic rings. The number of benzene rings is 2. The zero-order valence-electron chi connectivity index (χ0n) is 13.3. The van der Waals surface area contributed by atoms with E-state index in [4.69, 9.17) is 4.98 Å². The number of pyridine rings is 2. The molecular formula is C22H13N3. The van der Waals surface area contributed by atoms with Crippen molar-refractivity contribution in [2.75, 3.05) is 0 Å². The van der Waals surface area contributed by atoms with Gasteiger partial charge in [0.2, 0.25) is 0 Å². The molecule has 3 heteroatoms. The molecule has 3 nitrogen and oxygen atoms in total. The van der Waals surface area contributed by atoms with Crippen molar-refractivity contribution >= 4 is 27.3 Å². The molecule has 0 saturated heterocycles. The van der Waals surface area contributed by atoms with Crippen LogP contribution in [0.1, 0.15) is 5.56 Å². The first-order valence-corrected chi connectivity index (χ1v) is 8.15. The third-order valence-corrected chi connectivity index (χ3v) is 4.65. The molecule has 0 saturated carbocycles. The fourth-order valence-corrected chi connectivity index (χ4v) is 3.56. The molecule has 2 aromatic carbocycles. The van der Waals surface area contributed by atoms with Gasteiger partial charge in [0.05, 0.1) is 16.8 Å². The summed E-state index contributed by atoms with van der Waals surface area (Å²) in [5.41, 5.74) is 4.41. The SMILES string of the molecule is N#Cc1c2c3ccccc3c(-c3ccccc3)nc2n2ccccc12. The van der Waals surface area contributed by atoms with Crippen LogP contribution in [0.25, 0.3) is 38.6 Å². The minimum atomic E-state index is 0.680. The van der Waals surface area contributed by atoms with Crippen LogP contribution in [-0.2, 0) is 0 Å². The van der Waals surface area contributed by atoms with Crippen LogP contribution in [0.5, 0.6) is 0 Å². The first-order chi connectivity index (χ1) is 12.4. The summed E-state index contributed by atoms with van der Waals surface area (Å²) in [6.07, 6.45) is 1.97. The second kappa shape index (κ2) is 5.19. The van der Waals surface area contributed by atoms with Crippen molar-refractivity contribution in [3.05, 3.63) is 84.6 Å². The minimum Gasteiger partial charge on any atom is -0.300 e. The first kappa shape index (κ1) is 13.8. The van der Waals surface area contributed by atoms with E-state index >= 15 is 0 Å². The van der Waals surface area contributed by atoms with E-state index in [-0.39, 0.29) is 0 Å². The Bertz CT molecular complexity index is 1290. The fourth-order valence-electron chi connectivity index (χ4n) is 3.56. The van der Waals surface area contributed by atoms with Crippen LogP contribution in [0.2, 0.25) is 0 Å². The summed E-state index contributed by atoms with van der Waals surface area (Å²) >= 11 is 0. The summed E-state index contributed by atoms with van der Waals surface area (Å²) in [6.45, 7) is 0. The maximum atomic E-state index is 9.78. The minimum absolute atomic E-state index is 0.680. The zero-order chi connectivity index (χ0) is 16.8. The molecule has 3 aromatic heterocycles. The van der Waals surface area contributed by atoms with Crippen LogP contribution in [-0.4, -0.2) is 9.38 Å². The lowest BCUT2D eigenvalue weighted by molar-refractivity contribution is 1.20. The van der Waals surface area contributed by atoms with Crippen molar-refractivity contribution in [1.82, 2.24) is 9.38 Å². The molecule has 0 N–H and O–H groups in total. The van der Waals surface area contributed by atoms with E-state index in [2.05, 4.69) is 30.3 Å². The highest BCUT2D eigenvalue weighted by Gasteiger charge is 2.18. The zero-order valence-corrected chi connectivity index (χ0v) is 13.3. The van der Waals surface area contributed by atoms with Gasteiger partial charge in [0, 0.05) is 22.5 Å². The van der Waals surface area contributed by atoms with Crippen LogP contribution < -0.4 is 0 Å². The molecule has 116 valence electrons. The number of nitrogens with zero attached hydrogens (tertiary/aromatic N) is 3. The number of aromatic nitrogens is 2. The van der Waals surface area contributed by atoms with Gasteiger partial charge in [-0.25, -0.2) is 4.98 Å². The van der Waals surface area contributed by atoms with Crippen molar-refractivity contribution < 1.29 is 0 Å². The summed E-state index contributed by atoms with van der Waals surface area (Å²) < 4.78 is 2.01. The standard InChI is InChI=1S/C22H13N3/c23-14-18-19-12-6-7-13-25(19)22-20(18)16-10-4-5-11-17(16)21(24-22)15-8-2-1-3-9-15/h1-13H. The highest BCUT2D eigenvalue weighted by atomic mass is 15.0. The normalized spacial score (nSPS) is 11.2. The summed E-state index contributed by atoms with van der Waals surface area (Å²) in [5, 5.41) is 12.8. The van der Waals surface area contributed by atoms with Crippen molar-refractivity contribution in [2.45, 2.75) is 0 Å². The van der Waals surface area contributed by atoms with E-state index in [1.807, 2.05) is 59.1 Å². The molecule has 25 heavy (non-hydrogen) atoms. The Balaban J connectivity index is 2.08. The topological polar surface area (TPSA) is 41.1 Å². The predicted octanol–water partition coefficient (Wildman–Crippen LogP) is 5.18. The van der Waals surface area contributed by atoms with Crippen molar-refractivity contribution in [3.8, 4) is 17.3 Å². The molecular weight excluding hydrogens is 306 g/mol. The quantitative estimate of drug-likeness (QED) is 0.427. The van der Waals surface area contributed by atoms with E-state index in [9.17, 15) is 5.26 Å². The van der Waals surface area contributed by atoms with Crippen LogP contribution in [0.3, 0.4) is 0 Å². The van der Waals surface area contributed by atoms with Gasteiger partial charge >= 0.3 is 0 Å². The number of hydrogen-bond acceptors (Lipinski definition) is 2. The third kappa shape index (κ3) is 1.88. The molecule has 3 heterocycles. The molecule has 0 atom stereocenters. The highest BCUT2D eigenvalue weighted by Crippen LogP contribution is 2.36. The largest absolute Gasteiger partial charge is 0.300 e. The second-order valence-corrected chi connectivity index (χ2v) is 6.01. The number of fused-ring (bicyclic) bond motifs is 5. The maximum Gasteiger partial charge on any atom is 0.147 e. The monoisotopic (exact) mass is 319 g/mol. The Morgan fingerprint density at radius 3 is 2.32 bits per heavy atom. The molecule has 5 aromatic rings. The van der Waals surface area contributed by atoms with Gasteiger partial charge in [0.1, 0.15) is 11.7 Å². The third-order valence-electron chi connectivity index (χ3n) is 4.65. The van der Waals surface area contributed by atoms with E-state index in [1.165, 1.54) is 0 Å². The Hall–Kier alpha value is -3.64. The van der Waals surface area contributed by atoms with Crippen LogP contribution in [0.15, 0.2) is 79.0 Å². The van der Waals surface area contributed by atoms with Gasteiger partial charge in [-0.3, -0.25) is 4.40 Å². The van der Waals surface area contributed by atoms with E-state index in [0.29, 0.717) is 5.56 Å². The number of nitriles is 1. The van der Waals surface area contributed by atoms with Gasteiger partial charge in [0.15, 0.2) is 0 Å². The highest BCUT2D eigenvalue weighted by molar-refractivity contribution is 6.14. The Morgan fingerprint density at radius 2 is 1.52 bits per heavy atom. The molecule has 0 aliphatic carbocycles.